The third kappa shape index (κ3) is 5.92. The number of nitrogens with zero attached hydrogens (tertiary/aromatic N) is 5. The van der Waals surface area contributed by atoms with E-state index in [0.717, 1.165) is 12.3 Å². The van der Waals surface area contributed by atoms with E-state index in [4.69, 9.17) is 4.18 Å². The third-order valence-electron chi connectivity index (χ3n) is 4.62. The molecule has 0 saturated heterocycles. The molecular weight excluding hydrogens is 503 g/mol. The Balaban J connectivity index is 1.83. The lowest BCUT2D eigenvalue weighted by Gasteiger charge is -2.13. The van der Waals surface area contributed by atoms with Gasteiger partial charge in [-0.3, -0.25) is 8.98 Å². The second-order valence-corrected chi connectivity index (χ2v) is 9.17. The summed E-state index contributed by atoms with van der Waals surface area (Å²) in [4.78, 5) is 23.4. The Morgan fingerprint density at radius 1 is 1.17 bits per heavy atom. The van der Waals surface area contributed by atoms with E-state index < -0.39 is 22.0 Å². The van der Waals surface area contributed by atoms with Crippen molar-refractivity contribution in [2.75, 3.05) is 16.9 Å². The van der Waals surface area contributed by atoms with Crippen LogP contribution in [0.4, 0.5) is 30.5 Å². The molecule has 0 radical (unpaired) electrons. The lowest BCUT2D eigenvalue weighted by atomic mass is 10.2. The molecule has 0 aromatic carbocycles. The third-order valence-corrected chi connectivity index (χ3v) is 5.16. The highest BCUT2D eigenvalue weighted by molar-refractivity contribution is 7.85. The average Bonchev–Trinajstić information content (AvgIpc) is 3.20. The molecule has 0 bridgehead atoms. The van der Waals surface area contributed by atoms with Crippen LogP contribution in [0.3, 0.4) is 0 Å². The van der Waals surface area contributed by atoms with Gasteiger partial charge in [-0.25, -0.2) is 19.5 Å². The molecule has 4 rings (SSSR count). The lowest BCUT2D eigenvalue weighted by molar-refractivity contribution is -0.141. The molecule has 4 aromatic rings. The molecule has 0 saturated carbocycles. The number of hydrogen-bond donors (Lipinski definition) is 2. The van der Waals surface area contributed by atoms with Crippen molar-refractivity contribution in [3.05, 3.63) is 60.0 Å². The number of pyridine rings is 2. The van der Waals surface area contributed by atoms with E-state index in [-0.39, 0.29) is 35.7 Å². The van der Waals surface area contributed by atoms with Crippen molar-refractivity contribution in [1.29, 1.82) is 0 Å². The number of aromatic nitrogens is 5. The first-order valence-electron chi connectivity index (χ1n) is 10.2. The first-order chi connectivity index (χ1) is 16.9. The number of rotatable bonds is 7. The molecule has 2 N–H and O–H groups in total. The van der Waals surface area contributed by atoms with Gasteiger partial charge in [-0.15, -0.1) is 5.10 Å². The minimum Gasteiger partial charge on any atom is -0.338 e. The first kappa shape index (κ1) is 25.0. The van der Waals surface area contributed by atoms with E-state index in [2.05, 4.69) is 30.7 Å². The van der Waals surface area contributed by atoms with Crippen LogP contribution < -0.4 is 10.6 Å². The SMILES string of the molecule is CC(=O)Nc1cc(Nc2nc(-c3cccc(C(F)(F)F)n3)nn3ccc(COS(C)(=O)=O)c23)ccn1. The molecule has 188 valence electrons. The van der Waals surface area contributed by atoms with Gasteiger partial charge in [0.15, 0.2) is 5.82 Å². The minimum atomic E-state index is -4.66. The van der Waals surface area contributed by atoms with Gasteiger partial charge in [-0.2, -0.15) is 21.6 Å². The summed E-state index contributed by atoms with van der Waals surface area (Å²) < 4.78 is 68.8. The highest BCUT2D eigenvalue weighted by Gasteiger charge is 2.32. The van der Waals surface area contributed by atoms with Gasteiger partial charge in [0.05, 0.1) is 12.9 Å². The molecule has 1 amide bonds. The first-order valence-corrected chi connectivity index (χ1v) is 12.0. The Bertz CT molecular complexity index is 1550. The zero-order valence-electron chi connectivity index (χ0n) is 18.7. The van der Waals surface area contributed by atoms with Crippen LogP contribution in [0.25, 0.3) is 17.0 Å². The fourth-order valence-electron chi connectivity index (χ4n) is 3.18. The van der Waals surface area contributed by atoms with Crippen molar-refractivity contribution in [1.82, 2.24) is 24.6 Å². The molecule has 0 spiro atoms. The molecule has 36 heavy (non-hydrogen) atoms. The smallest absolute Gasteiger partial charge is 0.338 e. The van der Waals surface area contributed by atoms with E-state index in [1.807, 2.05) is 0 Å². The maximum Gasteiger partial charge on any atom is 0.433 e. The van der Waals surface area contributed by atoms with Crippen LogP contribution >= 0.6 is 0 Å². The van der Waals surface area contributed by atoms with E-state index in [9.17, 15) is 26.4 Å². The van der Waals surface area contributed by atoms with Gasteiger partial charge in [0.2, 0.25) is 11.7 Å². The molecular formula is C21H18F3N7O4S. The molecule has 0 unspecified atom stereocenters. The van der Waals surface area contributed by atoms with Gasteiger partial charge in [-0.1, -0.05) is 6.07 Å². The van der Waals surface area contributed by atoms with Crippen molar-refractivity contribution in [2.45, 2.75) is 19.7 Å². The van der Waals surface area contributed by atoms with Crippen LogP contribution in [0, 0.1) is 0 Å². The van der Waals surface area contributed by atoms with Gasteiger partial charge < -0.3 is 10.6 Å². The number of carbonyl (C=O) groups excluding carboxylic acids is 1. The predicted octanol–water partition coefficient (Wildman–Crippen LogP) is 3.38. The summed E-state index contributed by atoms with van der Waals surface area (Å²) in [6.07, 6.45) is -0.858. The number of carbonyl (C=O) groups is 1. The predicted molar refractivity (Wildman–Crippen MR) is 123 cm³/mol. The monoisotopic (exact) mass is 521 g/mol. The summed E-state index contributed by atoms with van der Waals surface area (Å²) in [5.74, 6) is -0.100. The van der Waals surface area contributed by atoms with E-state index in [1.54, 1.807) is 12.1 Å². The summed E-state index contributed by atoms with van der Waals surface area (Å²) >= 11 is 0. The number of alkyl halides is 3. The standard InChI is InChI=1S/C21H18F3N7O4S/c1-12(32)26-17-10-14(6-8-25-17)27-20-18-13(11-35-36(2,33)34)7-9-31(18)30-19(29-20)15-4-3-5-16(28-15)21(22,23)24/h3-10H,11H2,1-2H3,(H2,25,26,27,29,30,32). The highest BCUT2D eigenvalue weighted by atomic mass is 32.2. The number of nitrogens with one attached hydrogen (secondary N) is 2. The van der Waals surface area contributed by atoms with E-state index >= 15 is 0 Å². The highest BCUT2D eigenvalue weighted by Crippen LogP contribution is 2.30. The van der Waals surface area contributed by atoms with Crippen molar-refractivity contribution in [3.63, 3.8) is 0 Å². The Labute approximate surface area is 202 Å². The molecule has 11 nitrogen and oxygen atoms in total. The summed E-state index contributed by atoms with van der Waals surface area (Å²) in [5, 5.41) is 9.81. The zero-order chi connectivity index (χ0) is 26.1. The van der Waals surface area contributed by atoms with Crippen LogP contribution in [0.5, 0.6) is 0 Å². The maximum atomic E-state index is 13.2. The summed E-state index contributed by atoms with van der Waals surface area (Å²) in [7, 11) is -3.76. The van der Waals surface area contributed by atoms with E-state index in [1.165, 1.54) is 42.0 Å². The fraction of sp³-hybridized carbons (Fsp3) is 0.190. The summed E-state index contributed by atoms with van der Waals surface area (Å²) in [6.45, 7) is 0.987. The molecule has 0 aliphatic rings. The van der Waals surface area contributed by atoms with Gasteiger partial charge >= 0.3 is 6.18 Å². The van der Waals surface area contributed by atoms with Crippen molar-refractivity contribution in [3.8, 4) is 11.5 Å². The number of halogens is 3. The number of anilines is 3. The topological polar surface area (TPSA) is 140 Å². The average molecular weight is 521 g/mol. The van der Waals surface area contributed by atoms with Crippen molar-refractivity contribution in [2.24, 2.45) is 0 Å². The molecule has 4 aromatic heterocycles. The second-order valence-electron chi connectivity index (χ2n) is 7.53. The lowest BCUT2D eigenvalue weighted by Crippen LogP contribution is -2.10. The van der Waals surface area contributed by atoms with Crippen molar-refractivity contribution >= 4 is 38.9 Å². The Kier molecular flexibility index (Phi) is 6.60. The molecule has 15 heteroatoms. The summed E-state index contributed by atoms with van der Waals surface area (Å²) in [6, 6.07) is 7.98. The molecule has 0 aliphatic carbocycles. The van der Waals surface area contributed by atoms with Crippen LogP contribution in [-0.4, -0.2) is 45.1 Å². The fourth-order valence-corrected chi connectivity index (χ4v) is 3.52. The van der Waals surface area contributed by atoms with Gasteiger partial charge in [-0.05, 0) is 24.3 Å². The minimum absolute atomic E-state index is 0.122. The maximum absolute atomic E-state index is 13.2. The van der Waals surface area contributed by atoms with Gasteiger partial charge in [0.25, 0.3) is 10.1 Å². The quantitative estimate of drug-likeness (QED) is 0.350. The zero-order valence-corrected chi connectivity index (χ0v) is 19.6. The Morgan fingerprint density at radius 2 is 1.94 bits per heavy atom. The Hall–Kier alpha value is -4.11. The largest absolute Gasteiger partial charge is 0.433 e. The van der Waals surface area contributed by atoms with Crippen LogP contribution in [-0.2, 0) is 31.9 Å². The number of amides is 1. The molecule has 0 fully saturated rings. The Morgan fingerprint density at radius 3 is 2.64 bits per heavy atom. The van der Waals surface area contributed by atoms with Crippen LogP contribution in [0.1, 0.15) is 18.2 Å². The number of fused-ring (bicyclic) bond motifs is 1. The van der Waals surface area contributed by atoms with E-state index in [0.29, 0.717) is 16.8 Å². The summed E-state index contributed by atoms with van der Waals surface area (Å²) in [5.41, 5.74) is -0.114. The van der Waals surface area contributed by atoms with Crippen LogP contribution in [0.2, 0.25) is 0 Å². The second kappa shape index (κ2) is 9.50. The normalized spacial score (nSPS) is 12.0. The van der Waals surface area contributed by atoms with Crippen LogP contribution in [0.15, 0.2) is 48.8 Å². The molecule has 0 atom stereocenters. The molecule has 0 aliphatic heterocycles. The van der Waals surface area contributed by atoms with Crippen molar-refractivity contribution < 1.29 is 30.6 Å². The number of hydrogen-bond acceptors (Lipinski definition) is 9. The van der Waals surface area contributed by atoms with Gasteiger partial charge in [0.1, 0.15) is 22.7 Å². The molecule has 4 heterocycles. The van der Waals surface area contributed by atoms with Gasteiger partial charge in [0, 0.05) is 36.6 Å².